The van der Waals surface area contributed by atoms with Crippen molar-refractivity contribution in [2.45, 2.75) is 25.8 Å². The second-order valence-electron chi connectivity index (χ2n) is 6.97. The van der Waals surface area contributed by atoms with Crippen LogP contribution in [0.5, 0.6) is 0 Å². The van der Waals surface area contributed by atoms with Crippen LogP contribution in [-0.4, -0.2) is 44.7 Å². The molecule has 1 unspecified atom stereocenters. The number of aromatic nitrogens is 5. The van der Waals surface area contributed by atoms with E-state index in [1.807, 2.05) is 38.1 Å². The van der Waals surface area contributed by atoms with E-state index >= 15 is 0 Å². The number of aryl methyl sites for hydroxylation is 1. The van der Waals surface area contributed by atoms with E-state index in [0.29, 0.717) is 23.8 Å². The van der Waals surface area contributed by atoms with Gasteiger partial charge in [-0.1, -0.05) is 29.8 Å². The maximum Gasteiger partial charge on any atom is 0.181 e. The fourth-order valence-corrected chi connectivity index (χ4v) is 5.36. The van der Waals surface area contributed by atoms with Gasteiger partial charge in [0.1, 0.15) is 5.69 Å². The van der Waals surface area contributed by atoms with Crippen LogP contribution in [0.15, 0.2) is 42.9 Å². The molecular formula is C18H19N5O2S. The first-order chi connectivity index (χ1) is 12.4. The van der Waals surface area contributed by atoms with Crippen molar-refractivity contribution in [2.75, 3.05) is 11.5 Å². The topological polar surface area (TPSA) is 90.6 Å². The monoisotopic (exact) mass is 369 g/mol. The van der Waals surface area contributed by atoms with Gasteiger partial charge in [-0.05, 0) is 20.3 Å². The quantitative estimate of drug-likeness (QED) is 0.703. The summed E-state index contributed by atoms with van der Waals surface area (Å²) in [6, 6.07) is 7.92. The highest BCUT2D eigenvalue weighted by molar-refractivity contribution is 7.91. The number of hydrogen-bond acceptors (Lipinski definition) is 6. The predicted octanol–water partition coefficient (Wildman–Crippen LogP) is 2.24. The molecule has 3 aromatic rings. The van der Waals surface area contributed by atoms with Crippen LogP contribution < -0.4 is 0 Å². The third-order valence-corrected chi connectivity index (χ3v) is 6.59. The second kappa shape index (κ2) is 5.98. The van der Waals surface area contributed by atoms with Gasteiger partial charge in [-0.15, -0.1) is 5.10 Å². The molecule has 0 amide bonds. The Morgan fingerprint density at radius 1 is 1.15 bits per heavy atom. The van der Waals surface area contributed by atoms with Crippen molar-refractivity contribution in [1.82, 2.24) is 24.7 Å². The maximum absolute atomic E-state index is 12.1. The first-order valence-electron chi connectivity index (χ1n) is 8.38. The molecular weight excluding hydrogens is 350 g/mol. The van der Waals surface area contributed by atoms with Crippen molar-refractivity contribution in [1.29, 1.82) is 0 Å². The van der Waals surface area contributed by atoms with Gasteiger partial charge in [0.15, 0.2) is 21.5 Å². The van der Waals surface area contributed by atoms with Crippen molar-refractivity contribution < 1.29 is 8.42 Å². The van der Waals surface area contributed by atoms with Gasteiger partial charge in [0.05, 0.1) is 23.2 Å². The first-order valence-corrected chi connectivity index (χ1v) is 10.2. The largest absolute Gasteiger partial charge is 0.261 e. The molecule has 7 nitrogen and oxygen atoms in total. The molecule has 1 atom stereocenters. The number of rotatable bonds is 3. The predicted molar refractivity (Wildman–Crippen MR) is 98.1 cm³/mol. The Bertz CT molecular complexity index is 1040. The van der Waals surface area contributed by atoms with E-state index in [2.05, 4.69) is 20.1 Å². The number of sulfone groups is 1. The Balaban J connectivity index is 1.88. The van der Waals surface area contributed by atoms with Crippen molar-refractivity contribution in [3.8, 4) is 22.9 Å². The molecule has 1 aliphatic rings. The van der Waals surface area contributed by atoms with Crippen LogP contribution in [0.4, 0.5) is 0 Å². The first kappa shape index (κ1) is 16.8. The Labute approximate surface area is 152 Å². The summed E-state index contributed by atoms with van der Waals surface area (Å²) >= 11 is 0. The second-order valence-corrected chi connectivity index (χ2v) is 9.15. The molecule has 3 heterocycles. The van der Waals surface area contributed by atoms with Crippen molar-refractivity contribution in [3.63, 3.8) is 0 Å². The van der Waals surface area contributed by atoms with Gasteiger partial charge in [0.25, 0.3) is 0 Å². The summed E-state index contributed by atoms with van der Waals surface area (Å²) in [4.78, 5) is 13.1. The van der Waals surface area contributed by atoms with Crippen LogP contribution >= 0.6 is 0 Å². The summed E-state index contributed by atoms with van der Waals surface area (Å²) < 4.78 is 25.9. The van der Waals surface area contributed by atoms with Crippen LogP contribution in [0.3, 0.4) is 0 Å². The summed E-state index contributed by atoms with van der Waals surface area (Å²) in [5.41, 5.74) is 1.95. The minimum absolute atomic E-state index is 0.0456. The van der Waals surface area contributed by atoms with Crippen molar-refractivity contribution in [2.24, 2.45) is 0 Å². The third kappa shape index (κ3) is 3.01. The molecule has 1 fully saturated rings. The normalized spacial score (nSPS) is 21.8. The van der Waals surface area contributed by atoms with Gasteiger partial charge in [-0.25, -0.2) is 23.1 Å². The average Bonchev–Trinajstić information content (AvgIpc) is 3.19. The summed E-state index contributed by atoms with van der Waals surface area (Å²) in [6.45, 7) is 3.93. The number of benzene rings is 1. The summed E-state index contributed by atoms with van der Waals surface area (Å²) in [6.07, 6.45) is 5.30. The zero-order valence-corrected chi connectivity index (χ0v) is 15.4. The standard InChI is InChI=1S/C18H19N5O2S/c1-13-3-5-14(6-4-13)16-21-17(15-11-19-8-9-20-15)23(22-16)18(2)7-10-26(24,25)12-18/h3-6,8-9,11H,7,10,12H2,1-2H3. The lowest BCUT2D eigenvalue weighted by molar-refractivity contribution is 0.332. The van der Waals surface area contributed by atoms with E-state index in [-0.39, 0.29) is 11.5 Å². The maximum atomic E-state index is 12.1. The molecule has 1 saturated heterocycles. The number of hydrogen-bond donors (Lipinski definition) is 0. The van der Waals surface area contributed by atoms with E-state index < -0.39 is 15.4 Å². The Morgan fingerprint density at radius 3 is 2.54 bits per heavy atom. The number of nitrogens with zero attached hydrogens (tertiary/aromatic N) is 5. The molecule has 1 aromatic carbocycles. The fraction of sp³-hybridized carbons (Fsp3) is 0.333. The summed E-state index contributed by atoms with van der Waals surface area (Å²) in [5.74, 6) is 1.29. The van der Waals surface area contributed by atoms with Gasteiger partial charge in [0, 0.05) is 18.0 Å². The molecule has 1 aliphatic heterocycles. The highest BCUT2D eigenvalue weighted by Crippen LogP contribution is 2.34. The van der Waals surface area contributed by atoms with E-state index in [1.165, 1.54) is 0 Å². The van der Waals surface area contributed by atoms with Gasteiger partial charge in [-0.2, -0.15) is 0 Å². The molecule has 0 radical (unpaired) electrons. The summed E-state index contributed by atoms with van der Waals surface area (Å²) in [5, 5.41) is 4.68. The molecule has 26 heavy (non-hydrogen) atoms. The minimum atomic E-state index is -3.09. The SMILES string of the molecule is Cc1ccc(-c2nc(-c3cnccn3)n(C3(C)CCS(=O)(=O)C3)n2)cc1. The molecule has 0 aliphatic carbocycles. The fourth-order valence-electron chi connectivity index (χ4n) is 3.25. The van der Waals surface area contributed by atoms with Gasteiger partial charge >= 0.3 is 0 Å². The molecule has 2 aromatic heterocycles. The van der Waals surface area contributed by atoms with E-state index in [1.54, 1.807) is 23.3 Å². The van der Waals surface area contributed by atoms with Crippen LogP contribution in [-0.2, 0) is 15.4 Å². The van der Waals surface area contributed by atoms with Crippen LogP contribution in [0.2, 0.25) is 0 Å². The van der Waals surface area contributed by atoms with Crippen molar-refractivity contribution >= 4 is 9.84 Å². The zero-order chi connectivity index (χ0) is 18.4. The summed E-state index contributed by atoms with van der Waals surface area (Å²) in [7, 11) is -3.09. The van der Waals surface area contributed by atoms with E-state index in [0.717, 1.165) is 11.1 Å². The van der Waals surface area contributed by atoms with Gasteiger partial charge in [0.2, 0.25) is 0 Å². The average molecular weight is 369 g/mol. The zero-order valence-electron chi connectivity index (χ0n) is 14.6. The highest BCUT2D eigenvalue weighted by atomic mass is 32.2. The lowest BCUT2D eigenvalue weighted by atomic mass is 10.0. The Morgan fingerprint density at radius 2 is 1.92 bits per heavy atom. The van der Waals surface area contributed by atoms with E-state index in [9.17, 15) is 8.42 Å². The molecule has 0 N–H and O–H groups in total. The van der Waals surface area contributed by atoms with Crippen LogP contribution in [0.25, 0.3) is 22.9 Å². The lowest BCUT2D eigenvalue weighted by Gasteiger charge is -2.24. The Hall–Kier alpha value is -2.61. The minimum Gasteiger partial charge on any atom is -0.261 e. The van der Waals surface area contributed by atoms with Crippen LogP contribution in [0, 0.1) is 6.92 Å². The molecule has 4 rings (SSSR count). The lowest BCUT2D eigenvalue weighted by Crippen LogP contribution is -2.33. The molecule has 134 valence electrons. The van der Waals surface area contributed by atoms with Gasteiger partial charge in [-0.3, -0.25) is 4.98 Å². The van der Waals surface area contributed by atoms with Gasteiger partial charge < -0.3 is 0 Å². The van der Waals surface area contributed by atoms with Crippen molar-refractivity contribution in [3.05, 3.63) is 48.4 Å². The third-order valence-electron chi connectivity index (χ3n) is 4.70. The molecule has 0 spiro atoms. The Kier molecular flexibility index (Phi) is 3.87. The molecule has 8 heteroatoms. The highest BCUT2D eigenvalue weighted by Gasteiger charge is 2.42. The van der Waals surface area contributed by atoms with Crippen LogP contribution in [0.1, 0.15) is 18.9 Å². The smallest absolute Gasteiger partial charge is 0.181 e. The van der Waals surface area contributed by atoms with E-state index in [4.69, 9.17) is 0 Å². The molecule has 0 bridgehead atoms. The molecule has 0 saturated carbocycles.